The molecule has 1 N–H and O–H groups in total. The molecule has 30 heavy (non-hydrogen) atoms. The normalized spacial score (nSPS) is 18.4. The van der Waals surface area contributed by atoms with E-state index < -0.39 is 17.7 Å². The van der Waals surface area contributed by atoms with Crippen LogP contribution >= 0.6 is 0 Å². The molecule has 0 aromatic heterocycles. The van der Waals surface area contributed by atoms with E-state index in [1.807, 2.05) is 42.5 Å². The van der Waals surface area contributed by atoms with Crippen LogP contribution in [0.15, 0.2) is 60.2 Å². The highest BCUT2D eigenvalue weighted by molar-refractivity contribution is 6.46. The first-order valence-corrected chi connectivity index (χ1v) is 10.9. The fourth-order valence-electron chi connectivity index (χ4n) is 3.98. The maximum atomic E-state index is 13.0. The average Bonchev–Trinajstić information content (AvgIpc) is 3.01. The van der Waals surface area contributed by atoms with Crippen LogP contribution < -0.4 is 0 Å². The van der Waals surface area contributed by atoms with Crippen molar-refractivity contribution < 1.29 is 14.7 Å². The number of likely N-dealkylation sites (tertiary alicyclic amines) is 1. The van der Waals surface area contributed by atoms with Gasteiger partial charge < -0.3 is 10.0 Å². The molecule has 1 heterocycles. The van der Waals surface area contributed by atoms with Crippen LogP contribution in [0.25, 0.3) is 5.76 Å². The van der Waals surface area contributed by atoms with E-state index in [1.54, 1.807) is 17.0 Å². The predicted molar refractivity (Wildman–Crippen MR) is 120 cm³/mol. The lowest BCUT2D eigenvalue weighted by Crippen LogP contribution is -2.30. The number of carbonyl (C=O) groups is 2. The van der Waals surface area contributed by atoms with Crippen molar-refractivity contribution in [3.63, 3.8) is 0 Å². The summed E-state index contributed by atoms with van der Waals surface area (Å²) in [6.07, 6.45) is 4.05. The topological polar surface area (TPSA) is 57.6 Å². The van der Waals surface area contributed by atoms with Gasteiger partial charge in [0, 0.05) is 12.1 Å². The Bertz CT molecular complexity index is 913. The number of Topliss-reactive ketones (excluding diaryl/α,β-unsaturated/α-hetero) is 1. The molecule has 1 aliphatic rings. The summed E-state index contributed by atoms with van der Waals surface area (Å²) >= 11 is 0. The highest BCUT2D eigenvalue weighted by Crippen LogP contribution is 2.39. The summed E-state index contributed by atoms with van der Waals surface area (Å²) in [6, 6.07) is 16.4. The van der Waals surface area contributed by atoms with E-state index in [-0.39, 0.29) is 11.3 Å². The van der Waals surface area contributed by atoms with E-state index in [0.29, 0.717) is 18.0 Å². The number of hydrogen-bond donors (Lipinski definition) is 1. The summed E-state index contributed by atoms with van der Waals surface area (Å²) in [6.45, 7) is 6.91. The predicted octanol–water partition coefficient (Wildman–Crippen LogP) is 5.81. The zero-order chi connectivity index (χ0) is 21.7. The Morgan fingerprint density at radius 3 is 2.23 bits per heavy atom. The molecule has 3 rings (SSSR count). The van der Waals surface area contributed by atoms with Gasteiger partial charge in [-0.1, -0.05) is 94.6 Å². The molecule has 2 aromatic rings. The molecule has 2 aromatic carbocycles. The molecule has 4 nitrogen and oxygen atoms in total. The van der Waals surface area contributed by atoms with Crippen LogP contribution in [0.2, 0.25) is 0 Å². The Labute approximate surface area is 179 Å². The van der Waals surface area contributed by atoms with Gasteiger partial charge in [0.15, 0.2) is 0 Å². The fraction of sp³-hybridized carbons (Fsp3) is 0.385. The molecular formula is C26H31NO3. The number of rotatable bonds is 8. The smallest absolute Gasteiger partial charge is 0.295 e. The monoisotopic (exact) mass is 405 g/mol. The highest BCUT2D eigenvalue weighted by atomic mass is 16.3. The van der Waals surface area contributed by atoms with Gasteiger partial charge in [-0.3, -0.25) is 9.59 Å². The van der Waals surface area contributed by atoms with Crippen LogP contribution in [-0.4, -0.2) is 28.2 Å². The minimum absolute atomic E-state index is 0.108. The number of hydrogen-bond acceptors (Lipinski definition) is 3. The maximum Gasteiger partial charge on any atom is 0.295 e. The average molecular weight is 406 g/mol. The van der Waals surface area contributed by atoms with Gasteiger partial charge in [0.25, 0.3) is 11.7 Å². The Morgan fingerprint density at radius 1 is 0.967 bits per heavy atom. The molecule has 158 valence electrons. The quantitative estimate of drug-likeness (QED) is 0.261. The van der Waals surface area contributed by atoms with Crippen LogP contribution in [0.1, 0.15) is 75.1 Å². The second-order valence-electron chi connectivity index (χ2n) is 8.24. The fourth-order valence-corrected chi connectivity index (χ4v) is 3.98. The van der Waals surface area contributed by atoms with E-state index in [1.165, 1.54) is 5.56 Å². The van der Waals surface area contributed by atoms with E-state index in [0.717, 1.165) is 31.2 Å². The second-order valence-corrected chi connectivity index (χ2v) is 8.24. The van der Waals surface area contributed by atoms with Crippen molar-refractivity contribution in [2.75, 3.05) is 6.54 Å². The van der Waals surface area contributed by atoms with Gasteiger partial charge in [-0.05, 0) is 23.5 Å². The van der Waals surface area contributed by atoms with Crippen molar-refractivity contribution in [1.29, 1.82) is 0 Å². The lowest BCUT2D eigenvalue weighted by atomic mass is 9.93. The van der Waals surface area contributed by atoms with Crippen molar-refractivity contribution in [2.24, 2.45) is 0 Å². The van der Waals surface area contributed by atoms with Crippen LogP contribution in [0, 0.1) is 0 Å². The summed E-state index contributed by atoms with van der Waals surface area (Å²) in [5.74, 6) is -0.849. The zero-order valence-corrected chi connectivity index (χ0v) is 18.1. The number of carbonyl (C=O) groups excluding carboxylic acids is 2. The molecule has 1 atom stereocenters. The van der Waals surface area contributed by atoms with Gasteiger partial charge >= 0.3 is 0 Å². The number of unbranched alkanes of at least 4 members (excludes halogenated alkanes) is 3. The summed E-state index contributed by atoms with van der Waals surface area (Å²) in [5, 5.41) is 11.0. The third kappa shape index (κ3) is 4.48. The summed E-state index contributed by atoms with van der Waals surface area (Å²) in [7, 11) is 0. The van der Waals surface area contributed by atoms with Crippen molar-refractivity contribution >= 4 is 17.4 Å². The Morgan fingerprint density at radius 2 is 1.63 bits per heavy atom. The Hall–Kier alpha value is -2.88. The standard InChI is InChI=1S/C26H31NO3/c1-4-5-6-10-17-27-23(20-15-13-19(14-16-20)18(2)3)22(25(29)26(27)30)24(28)21-11-8-7-9-12-21/h7-9,11-16,18,23,28H,4-6,10,17H2,1-3H3/b24-22+/t23-/m1/s1. The van der Waals surface area contributed by atoms with Gasteiger partial charge in [-0.25, -0.2) is 0 Å². The zero-order valence-electron chi connectivity index (χ0n) is 18.1. The second kappa shape index (κ2) is 9.75. The molecule has 0 radical (unpaired) electrons. The molecule has 1 saturated heterocycles. The number of benzene rings is 2. The van der Waals surface area contributed by atoms with Crippen LogP contribution in [0.4, 0.5) is 0 Å². The van der Waals surface area contributed by atoms with Crippen molar-refractivity contribution in [1.82, 2.24) is 4.90 Å². The Kier molecular flexibility index (Phi) is 7.09. The molecular weight excluding hydrogens is 374 g/mol. The minimum atomic E-state index is -0.607. The van der Waals surface area contributed by atoms with E-state index >= 15 is 0 Å². The molecule has 0 bridgehead atoms. The lowest BCUT2D eigenvalue weighted by Gasteiger charge is -2.25. The highest BCUT2D eigenvalue weighted by Gasteiger charge is 2.45. The van der Waals surface area contributed by atoms with Crippen molar-refractivity contribution in [3.05, 3.63) is 76.9 Å². The molecule has 1 aliphatic heterocycles. The van der Waals surface area contributed by atoms with Crippen LogP contribution in [-0.2, 0) is 9.59 Å². The molecule has 0 aliphatic carbocycles. The first kappa shape index (κ1) is 21.8. The largest absolute Gasteiger partial charge is 0.507 e. The van der Waals surface area contributed by atoms with E-state index in [4.69, 9.17) is 0 Å². The van der Waals surface area contributed by atoms with Crippen LogP contribution in [0.5, 0.6) is 0 Å². The number of aliphatic hydroxyl groups excluding tert-OH is 1. The van der Waals surface area contributed by atoms with Crippen molar-refractivity contribution in [3.8, 4) is 0 Å². The maximum absolute atomic E-state index is 13.0. The number of nitrogens with zero attached hydrogens (tertiary/aromatic N) is 1. The van der Waals surface area contributed by atoms with Gasteiger partial charge in [0.05, 0.1) is 11.6 Å². The third-order valence-corrected chi connectivity index (χ3v) is 5.76. The van der Waals surface area contributed by atoms with Gasteiger partial charge in [0.2, 0.25) is 0 Å². The first-order chi connectivity index (χ1) is 14.5. The molecule has 0 saturated carbocycles. The van der Waals surface area contributed by atoms with E-state index in [2.05, 4.69) is 20.8 Å². The van der Waals surface area contributed by atoms with Gasteiger partial charge in [-0.15, -0.1) is 0 Å². The van der Waals surface area contributed by atoms with Crippen molar-refractivity contribution in [2.45, 2.75) is 58.4 Å². The molecule has 1 amide bonds. The van der Waals surface area contributed by atoms with Gasteiger partial charge in [0.1, 0.15) is 5.76 Å². The van der Waals surface area contributed by atoms with Gasteiger partial charge in [-0.2, -0.15) is 0 Å². The Balaban J connectivity index is 2.05. The molecule has 4 heteroatoms. The van der Waals surface area contributed by atoms with Crippen LogP contribution in [0.3, 0.4) is 0 Å². The van der Waals surface area contributed by atoms with E-state index in [9.17, 15) is 14.7 Å². The molecule has 0 spiro atoms. The third-order valence-electron chi connectivity index (χ3n) is 5.76. The summed E-state index contributed by atoms with van der Waals surface area (Å²) in [5.41, 5.74) is 2.78. The SMILES string of the molecule is CCCCCCN1C(=O)C(=O)/C(=C(/O)c2ccccc2)[C@H]1c1ccc(C(C)C)cc1. The summed E-state index contributed by atoms with van der Waals surface area (Å²) < 4.78 is 0. The summed E-state index contributed by atoms with van der Waals surface area (Å²) in [4.78, 5) is 27.5. The lowest BCUT2D eigenvalue weighted by molar-refractivity contribution is -0.139. The first-order valence-electron chi connectivity index (χ1n) is 10.9. The molecule has 0 unspecified atom stereocenters. The number of aliphatic hydroxyl groups is 1. The number of ketones is 1. The molecule has 1 fully saturated rings. The number of amides is 1. The minimum Gasteiger partial charge on any atom is -0.507 e.